The number of ether oxygens (including phenoxy) is 2. The molecule has 2 aliphatic heterocycles. The van der Waals surface area contributed by atoms with Crippen LogP contribution < -0.4 is 0 Å². The molecule has 5 atom stereocenters. The van der Waals surface area contributed by atoms with Crippen LogP contribution in [0, 0.1) is 5.92 Å². The highest BCUT2D eigenvalue weighted by Gasteiger charge is 2.65. The van der Waals surface area contributed by atoms with E-state index in [1.807, 2.05) is 5.06 Å². The molecule has 2 rings (SSSR count). The van der Waals surface area contributed by atoms with Crippen LogP contribution in [0.1, 0.15) is 60.8 Å². The number of hydrogen-bond acceptors (Lipinski definition) is 3. The first kappa shape index (κ1) is 15.2. The Labute approximate surface area is 117 Å². The van der Waals surface area contributed by atoms with Gasteiger partial charge in [0.05, 0.1) is 23.8 Å². The Morgan fingerprint density at radius 3 is 2.26 bits per heavy atom. The Bertz CT molecular complexity index is 350. The molecule has 4 heteroatoms. The third-order valence-corrected chi connectivity index (χ3v) is 5.71. The largest absolute Gasteiger partial charge is 0.347 e. The van der Waals surface area contributed by atoms with Gasteiger partial charge in [-0.15, -0.1) is 0 Å². The Balaban J connectivity index is 2.43. The van der Waals surface area contributed by atoms with Crippen molar-refractivity contribution in [3.8, 4) is 0 Å². The van der Waals surface area contributed by atoms with Crippen LogP contribution in [-0.4, -0.2) is 39.8 Å². The number of rotatable bonds is 2. The van der Waals surface area contributed by atoms with Crippen molar-refractivity contribution in [2.45, 2.75) is 83.8 Å². The molecule has 112 valence electrons. The maximum Gasteiger partial charge on any atom is 0.175 e. The standard InChI is InChI=1S/C15H29NO3/c1-7-13(5)10-15(18-9-11(3)19-15)12(4)14(6,8-2)16(13)17/h11-12,17H,7-10H2,1-6H3/p+1. The smallest absolute Gasteiger partial charge is 0.175 e. The average Bonchev–Trinajstić information content (AvgIpc) is 2.76. The summed E-state index contributed by atoms with van der Waals surface area (Å²) in [6.45, 7) is 13.6. The summed E-state index contributed by atoms with van der Waals surface area (Å²) in [7, 11) is 0. The molecule has 1 spiro atoms. The third-order valence-electron chi connectivity index (χ3n) is 5.71. The average molecular weight is 272 g/mol. The van der Waals surface area contributed by atoms with Crippen molar-refractivity contribution < 1.29 is 14.7 Å². The van der Waals surface area contributed by atoms with Crippen molar-refractivity contribution in [3.05, 3.63) is 0 Å². The van der Waals surface area contributed by atoms with Gasteiger partial charge in [-0.2, -0.15) is 0 Å². The van der Waals surface area contributed by atoms with Crippen LogP contribution in [0.5, 0.6) is 0 Å². The molecule has 0 aromatic rings. The van der Waals surface area contributed by atoms with Crippen molar-refractivity contribution in [3.63, 3.8) is 0 Å². The van der Waals surface area contributed by atoms with Crippen molar-refractivity contribution in [1.29, 1.82) is 0 Å². The lowest BCUT2D eigenvalue weighted by Crippen LogP contribution is -2.70. The van der Waals surface area contributed by atoms with Crippen molar-refractivity contribution in [2.75, 3.05) is 6.61 Å². The second-order valence-corrected chi connectivity index (χ2v) is 6.85. The van der Waals surface area contributed by atoms with E-state index in [0.717, 1.165) is 19.3 Å². The quantitative estimate of drug-likeness (QED) is 0.725. The van der Waals surface area contributed by atoms with Crippen molar-refractivity contribution in [1.82, 2.24) is 5.06 Å². The first-order valence-corrected chi connectivity index (χ1v) is 7.57. The Hall–Kier alpha value is -0.160. The topological polar surface area (TPSA) is 44.6 Å². The molecule has 2 fully saturated rings. The van der Waals surface area contributed by atoms with E-state index in [1.165, 1.54) is 0 Å². The summed E-state index contributed by atoms with van der Waals surface area (Å²) < 4.78 is 12.3. The van der Waals surface area contributed by atoms with E-state index in [4.69, 9.17) is 14.7 Å². The van der Waals surface area contributed by atoms with E-state index in [1.54, 1.807) is 0 Å². The lowest BCUT2D eigenvalue weighted by Gasteiger charge is -2.57. The van der Waals surface area contributed by atoms with Gasteiger partial charge in [-0.3, -0.25) is 0 Å². The zero-order chi connectivity index (χ0) is 14.5. The summed E-state index contributed by atoms with van der Waals surface area (Å²) >= 11 is 0. The van der Waals surface area contributed by atoms with Gasteiger partial charge in [0.15, 0.2) is 5.79 Å². The van der Waals surface area contributed by atoms with Crippen LogP contribution in [0.15, 0.2) is 0 Å². The van der Waals surface area contributed by atoms with Gasteiger partial charge >= 0.3 is 0 Å². The minimum Gasteiger partial charge on any atom is -0.347 e. The van der Waals surface area contributed by atoms with Crippen molar-refractivity contribution >= 4 is 0 Å². The van der Waals surface area contributed by atoms with E-state index in [0.29, 0.717) is 6.61 Å². The highest BCUT2D eigenvalue weighted by molar-refractivity contribution is 5.08. The molecule has 0 amide bonds. The molecular formula is C15H30NO3+. The zero-order valence-electron chi connectivity index (χ0n) is 13.2. The molecule has 2 aliphatic rings. The lowest BCUT2D eigenvalue weighted by atomic mass is 9.67. The van der Waals surface area contributed by atoms with Crippen LogP contribution in [0.25, 0.3) is 0 Å². The predicted molar refractivity (Wildman–Crippen MR) is 75.9 cm³/mol. The second kappa shape index (κ2) is 4.69. The van der Waals surface area contributed by atoms with Crippen LogP contribution >= 0.6 is 0 Å². The first-order valence-electron chi connectivity index (χ1n) is 7.57. The minimum atomic E-state index is -0.507. The Morgan fingerprint density at radius 1 is 1.21 bits per heavy atom. The van der Waals surface area contributed by atoms with Crippen LogP contribution in [0.3, 0.4) is 0 Å². The molecule has 5 unspecified atom stereocenters. The van der Waals surface area contributed by atoms with Crippen LogP contribution in [-0.2, 0) is 9.47 Å². The SMILES string of the molecule is CCC1(C)CC2(OCC(C)O2)C(C)C(C)(CC)N1[OH2+]. The van der Waals surface area contributed by atoms with Gasteiger partial charge in [-0.05, 0) is 33.6 Å². The molecule has 0 aromatic carbocycles. The first-order chi connectivity index (χ1) is 8.74. The highest BCUT2D eigenvalue weighted by Crippen LogP contribution is 2.53. The third kappa shape index (κ3) is 2.04. The number of hydroxylamine groups is 2. The molecule has 2 heterocycles. The van der Waals surface area contributed by atoms with Crippen LogP contribution in [0.2, 0.25) is 0 Å². The normalized spacial score (nSPS) is 51.9. The second-order valence-electron chi connectivity index (χ2n) is 6.85. The summed E-state index contributed by atoms with van der Waals surface area (Å²) in [5.74, 6) is -0.320. The minimum absolute atomic E-state index is 0.155. The lowest BCUT2D eigenvalue weighted by molar-refractivity contribution is -0.351. The monoisotopic (exact) mass is 272 g/mol. The molecule has 19 heavy (non-hydrogen) atoms. The molecule has 4 nitrogen and oxygen atoms in total. The fraction of sp³-hybridized carbons (Fsp3) is 1.00. The fourth-order valence-electron chi connectivity index (χ4n) is 3.78. The van der Waals surface area contributed by atoms with Gasteiger partial charge in [0.1, 0.15) is 0 Å². The van der Waals surface area contributed by atoms with Crippen molar-refractivity contribution in [2.24, 2.45) is 5.92 Å². The van der Waals surface area contributed by atoms with Gasteiger partial charge in [0.25, 0.3) is 0 Å². The molecule has 0 saturated carbocycles. The Morgan fingerprint density at radius 2 is 1.84 bits per heavy atom. The molecule has 2 saturated heterocycles. The fourth-order valence-corrected chi connectivity index (χ4v) is 3.78. The molecule has 0 bridgehead atoms. The van der Waals surface area contributed by atoms with Gasteiger partial charge in [0.2, 0.25) is 0 Å². The van der Waals surface area contributed by atoms with E-state index in [2.05, 4.69) is 41.5 Å². The molecule has 0 aliphatic carbocycles. The molecular weight excluding hydrogens is 242 g/mol. The maximum absolute atomic E-state index is 8.63. The Kier molecular flexibility index (Phi) is 3.76. The summed E-state index contributed by atoms with van der Waals surface area (Å²) in [6.07, 6.45) is 2.79. The van der Waals surface area contributed by atoms with E-state index >= 15 is 0 Å². The predicted octanol–water partition coefficient (Wildman–Crippen LogP) is 2.44. The van der Waals surface area contributed by atoms with Gasteiger partial charge in [0, 0.05) is 12.3 Å². The molecule has 0 radical (unpaired) electrons. The van der Waals surface area contributed by atoms with Gasteiger partial charge < -0.3 is 14.7 Å². The van der Waals surface area contributed by atoms with E-state index in [-0.39, 0.29) is 23.1 Å². The number of nitrogens with zero attached hydrogens (tertiary/aromatic N) is 1. The van der Waals surface area contributed by atoms with Crippen LogP contribution in [0.4, 0.5) is 0 Å². The summed E-state index contributed by atoms with van der Waals surface area (Å²) in [6, 6.07) is 0. The molecule has 2 N–H and O–H groups in total. The summed E-state index contributed by atoms with van der Waals surface area (Å²) in [5, 5.41) is 10.5. The van der Waals surface area contributed by atoms with Gasteiger partial charge in [-0.1, -0.05) is 25.8 Å². The number of hydrogen-bond donors (Lipinski definition) is 0. The maximum atomic E-state index is 8.63. The molecule has 0 aromatic heterocycles. The summed E-state index contributed by atoms with van der Waals surface area (Å²) in [4.78, 5) is 0. The zero-order valence-corrected chi connectivity index (χ0v) is 13.2. The summed E-state index contributed by atoms with van der Waals surface area (Å²) in [5.41, 5.74) is -0.408. The number of piperidine rings is 1. The van der Waals surface area contributed by atoms with E-state index in [9.17, 15) is 0 Å². The van der Waals surface area contributed by atoms with Gasteiger partial charge in [-0.25, -0.2) is 0 Å². The highest BCUT2D eigenvalue weighted by atomic mass is 16.7. The van der Waals surface area contributed by atoms with E-state index < -0.39 is 5.79 Å².